The lowest BCUT2D eigenvalue weighted by Gasteiger charge is -2.07. The van der Waals surface area contributed by atoms with Gasteiger partial charge < -0.3 is 11.1 Å². The molecular formula is C9H11BrN2OS. The van der Waals surface area contributed by atoms with E-state index in [4.69, 9.17) is 5.73 Å². The Kier molecular flexibility index (Phi) is 4.28. The van der Waals surface area contributed by atoms with E-state index < -0.39 is 0 Å². The molecule has 0 aliphatic rings. The zero-order valence-corrected chi connectivity index (χ0v) is 10.1. The van der Waals surface area contributed by atoms with Crippen LogP contribution in [-0.2, 0) is 4.79 Å². The molecule has 0 spiro atoms. The number of benzene rings is 1. The maximum atomic E-state index is 11.3. The van der Waals surface area contributed by atoms with Crippen LogP contribution in [0.15, 0.2) is 22.7 Å². The number of hydrogen-bond donors (Lipinski definition) is 2. The van der Waals surface area contributed by atoms with Gasteiger partial charge in [-0.25, -0.2) is 0 Å². The molecule has 3 N–H and O–H groups in total. The standard InChI is InChI=1S/C9H11BrN2OS/c1-14-5-9(13)12-8-4-6(11)2-3-7(8)10/h2-4H,5,11H2,1H3,(H,12,13). The molecule has 0 fully saturated rings. The van der Waals surface area contributed by atoms with Gasteiger partial charge in [-0.3, -0.25) is 4.79 Å². The molecule has 0 bridgehead atoms. The third kappa shape index (κ3) is 3.23. The summed E-state index contributed by atoms with van der Waals surface area (Å²) in [6, 6.07) is 5.31. The van der Waals surface area contributed by atoms with Crippen LogP contribution < -0.4 is 11.1 Å². The van der Waals surface area contributed by atoms with Gasteiger partial charge in [0, 0.05) is 10.2 Å². The highest BCUT2D eigenvalue weighted by Gasteiger charge is 2.04. The van der Waals surface area contributed by atoms with Gasteiger partial charge in [0.1, 0.15) is 0 Å². The van der Waals surface area contributed by atoms with Crippen molar-refractivity contribution < 1.29 is 4.79 Å². The predicted molar refractivity (Wildman–Crippen MR) is 65.6 cm³/mol. The van der Waals surface area contributed by atoms with E-state index in [1.54, 1.807) is 12.1 Å². The van der Waals surface area contributed by atoms with Crippen molar-refractivity contribution in [2.75, 3.05) is 23.1 Å². The van der Waals surface area contributed by atoms with Crippen molar-refractivity contribution in [1.29, 1.82) is 0 Å². The Labute approximate surface area is 95.6 Å². The fourth-order valence-electron chi connectivity index (χ4n) is 0.956. The summed E-state index contributed by atoms with van der Waals surface area (Å²) in [5.41, 5.74) is 6.94. The van der Waals surface area contributed by atoms with Crippen molar-refractivity contribution in [3.8, 4) is 0 Å². The zero-order chi connectivity index (χ0) is 10.6. The second kappa shape index (κ2) is 5.26. The second-order valence-electron chi connectivity index (χ2n) is 2.72. The van der Waals surface area contributed by atoms with E-state index in [1.165, 1.54) is 11.8 Å². The smallest absolute Gasteiger partial charge is 0.234 e. The predicted octanol–water partition coefficient (Wildman–Crippen LogP) is 2.33. The van der Waals surface area contributed by atoms with E-state index >= 15 is 0 Å². The van der Waals surface area contributed by atoms with Crippen molar-refractivity contribution in [3.63, 3.8) is 0 Å². The average molecular weight is 275 g/mol. The third-order valence-corrected chi connectivity index (χ3v) is 2.78. The first-order valence-corrected chi connectivity index (χ1v) is 6.16. The molecule has 0 radical (unpaired) electrons. The minimum atomic E-state index is -0.0243. The number of thioether (sulfide) groups is 1. The highest BCUT2D eigenvalue weighted by atomic mass is 79.9. The summed E-state index contributed by atoms with van der Waals surface area (Å²) in [5.74, 6) is 0.421. The summed E-state index contributed by atoms with van der Waals surface area (Å²) >= 11 is 4.81. The van der Waals surface area contributed by atoms with Crippen molar-refractivity contribution in [2.45, 2.75) is 0 Å². The Morgan fingerprint density at radius 2 is 2.36 bits per heavy atom. The van der Waals surface area contributed by atoms with E-state index in [9.17, 15) is 4.79 Å². The van der Waals surface area contributed by atoms with E-state index in [2.05, 4.69) is 21.2 Å². The van der Waals surface area contributed by atoms with Crippen molar-refractivity contribution in [2.24, 2.45) is 0 Å². The van der Waals surface area contributed by atoms with Gasteiger partial charge in [-0.1, -0.05) is 0 Å². The molecule has 0 aliphatic heterocycles. The van der Waals surface area contributed by atoms with Gasteiger partial charge in [-0.15, -0.1) is 0 Å². The monoisotopic (exact) mass is 274 g/mol. The number of rotatable bonds is 3. The Hall–Kier alpha value is -0.680. The van der Waals surface area contributed by atoms with Crippen LogP contribution in [0.4, 0.5) is 11.4 Å². The van der Waals surface area contributed by atoms with Gasteiger partial charge in [0.2, 0.25) is 5.91 Å². The Balaban J connectivity index is 2.75. The molecule has 1 amide bonds. The molecule has 0 saturated heterocycles. The molecule has 0 aliphatic carbocycles. The number of anilines is 2. The molecule has 76 valence electrons. The van der Waals surface area contributed by atoms with Gasteiger partial charge in [-0.2, -0.15) is 11.8 Å². The van der Waals surface area contributed by atoms with E-state index in [0.29, 0.717) is 17.1 Å². The SMILES string of the molecule is CSCC(=O)Nc1cc(N)ccc1Br. The number of hydrogen-bond acceptors (Lipinski definition) is 3. The largest absolute Gasteiger partial charge is 0.399 e. The topological polar surface area (TPSA) is 55.1 Å². The summed E-state index contributed by atoms with van der Waals surface area (Å²) in [6.07, 6.45) is 1.88. The molecule has 14 heavy (non-hydrogen) atoms. The number of nitrogen functional groups attached to an aromatic ring is 1. The number of carbonyl (C=O) groups excluding carboxylic acids is 1. The molecular weight excluding hydrogens is 264 g/mol. The lowest BCUT2D eigenvalue weighted by Crippen LogP contribution is -2.14. The molecule has 0 heterocycles. The van der Waals surface area contributed by atoms with Crippen molar-refractivity contribution in [3.05, 3.63) is 22.7 Å². The number of nitrogens with two attached hydrogens (primary N) is 1. The molecule has 3 nitrogen and oxygen atoms in total. The molecule has 0 unspecified atom stereocenters. The molecule has 1 aromatic carbocycles. The quantitative estimate of drug-likeness (QED) is 0.832. The molecule has 0 aromatic heterocycles. The number of nitrogens with one attached hydrogen (secondary N) is 1. The number of halogens is 1. The Morgan fingerprint density at radius 3 is 3.00 bits per heavy atom. The normalized spacial score (nSPS) is 9.86. The molecule has 0 saturated carbocycles. The Bertz CT molecular complexity index is 344. The first-order valence-electron chi connectivity index (χ1n) is 3.97. The minimum Gasteiger partial charge on any atom is -0.399 e. The minimum absolute atomic E-state index is 0.0243. The first kappa shape index (κ1) is 11.4. The number of carbonyl (C=O) groups is 1. The van der Waals surface area contributed by atoms with Gasteiger partial charge >= 0.3 is 0 Å². The lowest BCUT2D eigenvalue weighted by molar-refractivity contribution is -0.113. The highest BCUT2D eigenvalue weighted by molar-refractivity contribution is 9.10. The molecule has 1 rings (SSSR count). The van der Waals surface area contributed by atoms with Crippen LogP contribution in [0.1, 0.15) is 0 Å². The average Bonchev–Trinajstić information content (AvgIpc) is 2.12. The van der Waals surface area contributed by atoms with E-state index in [-0.39, 0.29) is 5.91 Å². The van der Waals surface area contributed by atoms with Gasteiger partial charge in [-0.05, 0) is 40.4 Å². The van der Waals surface area contributed by atoms with Crippen LogP contribution >= 0.6 is 27.7 Å². The van der Waals surface area contributed by atoms with Crippen molar-refractivity contribution >= 4 is 45.0 Å². The van der Waals surface area contributed by atoms with Crippen LogP contribution in [0, 0.1) is 0 Å². The van der Waals surface area contributed by atoms with Crippen LogP contribution in [0.25, 0.3) is 0 Å². The summed E-state index contributed by atoms with van der Waals surface area (Å²) in [4.78, 5) is 11.3. The molecule has 5 heteroatoms. The van der Waals surface area contributed by atoms with E-state index in [0.717, 1.165) is 4.47 Å². The Morgan fingerprint density at radius 1 is 1.64 bits per heavy atom. The molecule has 0 atom stereocenters. The van der Waals surface area contributed by atoms with Gasteiger partial charge in [0.25, 0.3) is 0 Å². The molecule has 1 aromatic rings. The fraction of sp³-hybridized carbons (Fsp3) is 0.222. The highest BCUT2D eigenvalue weighted by Crippen LogP contribution is 2.24. The summed E-state index contributed by atoms with van der Waals surface area (Å²) in [5, 5.41) is 2.77. The summed E-state index contributed by atoms with van der Waals surface area (Å²) < 4.78 is 0.834. The van der Waals surface area contributed by atoms with Crippen LogP contribution in [0.5, 0.6) is 0 Å². The van der Waals surface area contributed by atoms with Crippen LogP contribution in [0.3, 0.4) is 0 Å². The first-order chi connectivity index (χ1) is 6.63. The lowest BCUT2D eigenvalue weighted by atomic mass is 10.3. The fourth-order valence-corrected chi connectivity index (χ4v) is 1.64. The third-order valence-electron chi connectivity index (χ3n) is 1.54. The maximum absolute atomic E-state index is 11.3. The van der Waals surface area contributed by atoms with Crippen LogP contribution in [-0.4, -0.2) is 17.9 Å². The van der Waals surface area contributed by atoms with Gasteiger partial charge in [0.15, 0.2) is 0 Å². The van der Waals surface area contributed by atoms with Crippen molar-refractivity contribution in [1.82, 2.24) is 0 Å². The maximum Gasteiger partial charge on any atom is 0.234 e. The van der Waals surface area contributed by atoms with Gasteiger partial charge in [0.05, 0.1) is 11.4 Å². The summed E-state index contributed by atoms with van der Waals surface area (Å²) in [7, 11) is 0. The zero-order valence-electron chi connectivity index (χ0n) is 7.71. The van der Waals surface area contributed by atoms with Crippen LogP contribution in [0.2, 0.25) is 0 Å². The number of amides is 1. The second-order valence-corrected chi connectivity index (χ2v) is 4.44. The summed E-state index contributed by atoms with van der Waals surface area (Å²) in [6.45, 7) is 0. The van der Waals surface area contributed by atoms with E-state index in [1.807, 2.05) is 12.3 Å².